The highest BCUT2D eigenvalue weighted by atomic mass is 16.5. The van der Waals surface area contributed by atoms with Gasteiger partial charge in [0.1, 0.15) is 0 Å². The van der Waals surface area contributed by atoms with Crippen molar-refractivity contribution in [3.05, 3.63) is 23.3 Å². The zero-order chi connectivity index (χ0) is 12.7. The van der Waals surface area contributed by atoms with Crippen molar-refractivity contribution >= 4 is 5.97 Å². The Bertz CT molecular complexity index is 309. The average molecular weight is 236 g/mol. The smallest absolute Gasteiger partial charge is 0.302 e. The van der Waals surface area contributed by atoms with Crippen molar-refractivity contribution in [2.45, 2.75) is 52.9 Å². The molecule has 1 aliphatic rings. The second-order valence-electron chi connectivity index (χ2n) is 5.13. The van der Waals surface area contributed by atoms with E-state index in [1.807, 2.05) is 0 Å². The van der Waals surface area contributed by atoms with E-state index in [4.69, 9.17) is 4.74 Å². The third-order valence-corrected chi connectivity index (χ3v) is 3.10. The van der Waals surface area contributed by atoms with Crippen LogP contribution in [0.25, 0.3) is 0 Å². The molecular formula is C15H24O2. The molecular weight excluding hydrogens is 212 g/mol. The first kappa shape index (κ1) is 14.0. The molecule has 0 fully saturated rings. The van der Waals surface area contributed by atoms with Crippen LogP contribution < -0.4 is 0 Å². The number of esters is 1. The molecule has 0 heterocycles. The van der Waals surface area contributed by atoms with Crippen LogP contribution >= 0.6 is 0 Å². The van der Waals surface area contributed by atoms with Crippen LogP contribution in [-0.4, -0.2) is 12.6 Å². The third-order valence-electron chi connectivity index (χ3n) is 3.10. The highest BCUT2D eigenvalue weighted by Crippen LogP contribution is 2.27. The number of hydrogen-bond donors (Lipinski definition) is 0. The predicted molar refractivity (Wildman–Crippen MR) is 70.7 cm³/mol. The van der Waals surface area contributed by atoms with Crippen molar-refractivity contribution in [3.63, 3.8) is 0 Å². The average Bonchev–Trinajstić information content (AvgIpc) is 2.26. The van der Waals surface area contributed by atoms with Crippen LogP contribution in [0.4, 0.5) is 0 Å². The minimum Gasteiger partial charge on any atom is -0.466 e. The molecule has 0 bridgehead atoms. The summed E-state index contributed by atoms with van der Waals surface area (Å²) in [6.45, 7) is 6.35. The predicted octanol–water partition coefficient (Wildman–Crippen LogP) is 4.02. The molecule has 2 heteroatoms. The summed E-state index contributed by atoms with van der Waals surface area (Å²) in [4.78, 5) is 10.8. The molecule has 0 aliphatic heterocycles. The van der Waals surface area contributed by atoms with E-state index >= 15 is 0 Å². The minimum absolute atomic E-state index is 0.161. The molecule has 0 aromatic rings. The maximum absolute atomic E-state index is 10.8. The molecule has 1 unspecified atom stereocenters. The van der Waals surface area contributed by atoms with Gasteiger partial charge in [0.25, 0.3) is 0 Å². The molecule has 0 amide bonds. The Labute approximate surface area is 105 Å². The lowest BCUT2D eigenvalue weighted by Gasteiger charge is -2.22. The van der Waals surface area contributed by atoms with Crippen LogP contribution in [0.1, 0.15) is 52.9 Å². The lowest BCUT2D eigenvalue weighted by molar-refractivity contribution is -0.142. The third kappa shape index (κ3) is 6.30. The molecule has 0 N–H and O–H groups in total. The van der Waals surface area contributed by atoms with E-state index in [1.54, 1.807) is 0 Å². The second-order valence-corrected chi connectivity index (χ2v) is 5.13. The summed E-state index contributed by atoms with van der Waals surface area (Å²) < 4.78 is 5.09. The summed E-state index contributed by atoms with van der Waals surface area (Å²) in [5, 5.41) is 0. The highest BCUT2D eigenvalue weighted by molar-refractivity contribution is 5.65. The van der Waals surface area contributed by atoms with Crippen LogP contribution in [0, 0.1) is 5.92 Å². The van der Waals surface area contributed by atoms with E-state index in [1.165, 1.54) is 18.1 Å². The van der Waals surface area contributed by atoms with Crippen molar-refractivity contribution in [2.24, 2.45) is 5.92 Å². The number of hydrogen-bond acceptors (Lipinski definition) is 2. The fourth-order valence-electron chi connectivity index (χ4n) is 2.21. The molecule has 1 rings (SSSR count). The van der Waals surface area contributed by atoms with Crippen LogP contribution in [0.5, 0.6) is 0 Å². The molecule has 96 valence electrons. The zero-order valence-electron chi connectivity index (χ0n) is 11.3. The van der Waals surface area contributed by atoms with Crippen LogP contribution in [0.15, 0.2) is 23.3 Å². The first-order valence-electron chi connectivity index (χ1n) is 6.52. The molecule has 0 aromatic carbocycles. The summed E-state index contributed by atoms with van der Waals surface area (Å²) in [5.41, 5.74) is 2.92. The summed E-state index contributed by atoms with van der Waals surface area (Å²) in [6.07, 6.45) is 10.3. The monoisotopic (exact) mass is 236 g/mol. The fourth-order valence-corrected chi connectivity index (χ4v) is 2.21. The quantitative estimate of drug-likeness (QED) is 0.532. The number of ether oxygens (including phenoxy) is 1. The van der Waals surface area contributed by atoms with Gasteiger partial charge in [-0.3, -0.25) is 4.79 Å². The van der Waals surface area contributed by atoms with Gasteiger partial charge in [-0.25, -0.2) is 0 Å². The molecule has 1 atom stereocenters. The lowest BCUT2D eigenvalue weighted by atomic mass is 9.87. The molecule has 0 aromatic heterocycles. The van der Waals surface area contributed by atoms with Crippen molar-refractivity contribution < 1.29 is 9.53 Å². The number of carbonyl (C=O) groups excluding carboxylic acids is 1. The fraction of sp³-hybridized carbons (Fsp3) is 0.667. The Balaban J connectivity index is 2.30. The van der Waals surface area contributed by atoms with Crippen molar-refractivity contribution in [1.82, 2.24) is 0 Å². The summed E-state index contributed by atoms with van der Waals surface area (Å²) in [7, 11) is 0. The van der Waals surface area contributed by atoms with Crippen molar-refractivity contribution in [2.75, 3.05) is 6.61 Å². The van der Waals surface area contributed by atoms with E-state index in [0.29, 0.717) is 12.5 Å². The van der Waals surface area contributed by atoms with Crippen molar-refractivity contribution in [3.8, 4) is 0 Å². The van der Waals surface area contributed by atoms with Gasteiger partial charge in [0.2, 0.25) is 0 Å². The Morgan fingerprint density at radius 1 is 1.47 bits per heavy atom. The SMILES string of the molecule is CC(=O)OCC1CCC=C(CCC=C(C)C)C1. The van der Waals surface area contributed by atoms with E-state index in [-0.39, 0.29) is 5.97 Å². The maximum Gasteiger partial charge on any atom is 0.302 e. The summed E-state index contributed by atoms with van der Waals surface area (Å²) in [5.74, 6) is 0.372. The van der Waals surface area contributed by atoms with Crippen LogP contribution in [-0.2, 0) is 9.53 Å². The van der Waals surface area contributed by atoms with Crippen LogP contribution in [0.3, 0.4) is 0 Å². The van der Waals surface area contributed by atoms with E-state index in [2.05, 4.69) is 26.0 Å². The number of allylic oxidation sites excluding steroid dienone is 4. The van der Waals surface area contributed by atoms with Gasteiger partial charge in [0.05, 0.1) is 6.61 Å². The molecule has 0 saturated heterocycles. The second kappa shape index (κ2) is 7.31. The molecule has 0 spiro atoms. The summed E-state index contributed by atoms with van der Waals surface area (Å²) >= 11 is 0. The van der Waals surface area contributed by atoms with Gasteiger partial charge in [0.15, 0.2) is 0 Å². The zero-order valence-corrected chi connectivity index (χ0v) is 11.3. The van der Waals surface area contributed by atoms with Gasteiger partial charge in [-0.2, -0.15) is 0 Å². The van der Waals surface area contributed by atoms with Gasteiger partial charge < -0.3 is 4.74 Å². The van der Waals surface area contributed by atoms with Gasteiger partial charge in [-0.1, -0.05) is 23.3 Å². The standard InChI is InChI=1S/C15H24O2/c1-12(2)6-4-7-14-8-5-9-15(10-14)11-17-13(3)16/h6,8,15H,4-5,7,9-11H2,1-3H3. The molecule has 0 radical (unpaired) electrons. The molecule has 1 aliphatic carbocycles. The largest absolute Gasteiger partial charge is 0.466 e. The van der Waals surface area contributed by atoms with Crippen LogP contribution in [0.2, 0.25) is 0 Å². The summed E-state index contributed by atoms with van der Waals surface area (Å²) in [6, 6.07) is 0. The van der Waals surface area contributed by atoms with E-state index < -0.39 is 0 Å². The first-order chi connectivity index (χ1) is 8.08. The van der Waals surface area contributed by atoms with Gasteiger partial charge in [0, 0.05) is 6.92 Å². The Kier molecular flexibility index (Phi) is 6.03. The normalized spacial score (nSPS) is 19.5. The van der Waals surface area contributed by atoms with Crippen molar-refractivity contribution in [1.29, 1.82) is 0 Å². The Hall–Kier alpha value is -1.05. The van der Waals surface area contributed by atoms with E-state index in [9.17, 15) is 4.79 Å². The van der Waals surface area contributed by atoms with Gasteiger partial charge >= 0.3 is 5.97 Å². The number of carbonyl (C=O) groups is 1. The number of rotatable bonds is 5. The minimum atomic E-state index is -0.161. The molecule has 17 heavy (non-hydrogen) atoms. The first-order valence-corrected chi connectivity index (χ1v) is 6.52. The highest BCUT2D eigenvalue weighted by Gasteiger charge is 2.16. The Morgan fingerprint density at radius 3 is 2.88 bits per heavy atom. The molecule has 0 saturated carbocycles. The van der Waals surface area contributed by atoms with E-state index in [0.717, 1.165) is 32.1 Å². The topological polar surface area (TPSA) is 26.3 Å². The van der Waals surface area contributed by atoms with Gasteiger partial charge in [-0.05, 0) is 51.9 Å². The molecule has 2 nitrogen and oxygen atoms in total. The Morgan fingerprint density at radius 2 is 2.24 bits per heavy atom. The van der Waals surface area contributed by atoms with Gasteiger partial charge in [-0.15, -0.1) is 0 Å². The lowest BCUT2D eigenvalue weighted by Crippen LogP contribution is -2.15. The maximum atomic E-state index is 10.8.